The van der Waals surface area contributed by atoms with Gasteiger partial charge in [-0.25, -0.2) is 0 Å². The van der Waals surface area contributed by atoms with Gasteiger partial charge in [0, 0.05) is 24.6 Å². The number of nitro benzene ring substituents is 1. The minimum atomic E-state index is -0.582. The molecule has 0 saturated heterocycles. The van der Waals surface area contributed by atoms with E-state index >= 15 is 0 Å². The zero-order chi connectivity index (χ0) is 16.1. The fourth-order valence-electron chi connectivity index (χ4n) is 1.91. The summed E-state index contributed by atoms with van der Waals surface area (Å²) in [4.78, 5) is 23.4. The molecule has 0 aliphatic carbocycles. The van der Waals surface area contributed by atoms with E-state index in [4.69, 9.17) is 16.3 Å². The van der Waals surface area contributed by atoms with E-state index in [9.17, 15) is 14.9 Å². The number of halogens is 1. The number of nitro groups is 1. The number of thiophene rings is 1. The van der Waals surface area contributed by atoms with Crippen LogP contribution in [0.3, 0.4) is 0 Å². The van der Waals surface area contributed by atoms with Crippen molar-refractivity contribution in [3.63, 3.8) is 0 Å². The van der Waals surface area contributed by atoms with Gasteiger partial charge in [-0.1, -0.05) is 23.7 Å². The monoisotopic (exact) mass is 340 g/mol. The Morgan fingerprint density at radius 1 is 1.41 bits per heavy atom. The molecule has 0 spiro atoms. The average Bonchev–Trinajstić information content (AvgIpc) is 2.94. The average molecular weight is 341 g/mol. The van der Waals surface area contributed by atoms with Crippen LogP contribution in [-0.2, 0) is 4.74 Å². The predicted molar refractivity (Wildman–Crippen MR) is 84.5 cm³/mol. The molecule has 6 nitrogen and oxygen atoms in total. The molecule has 1 amide bonds. The second-order valence-corrected chi connectivity index (χ2v) is 6.10. The molecule has 1 atom stereocenters. The first kappa shape index (κ1) is 16.4. The molecule has 116 valence electrons. The van der Waals surface area contributed by atoms with Crippen LogP contribution in [0.15, 0.2) is 36.4 Å². The van der Waals surface area contributed by atoms with Gasteiger partial charge in [-0.2, -0.15) is 0 Å². The van der Waals surface area contributed by atoms with Gasteiger partial charge in [0.15, 0.2) is 0 Å². The van der Waals surface area contributed by atoms with Crippen LogP contribution in [0, 0.1) is 10.1 Å². The van der Waals surface area contributed by atoms with Gasteiger partial charge in [-0.05, 0) is 18.2 Å². The Hall–Kier alpha value is -1.96. The molecule has 1 unspecified atom stereocenters. The third kappa shape index (κ3) is 3.82. The lowest BCUT2D eigenvalue weighted by molar-refractivity contribution is -0.385. The summed E-state index contributed by atoms with van der Waals surface area (Å²) in [6, 6.07) is 9.37. The van der Waals surface area contributed by atoms with Gasteiger partial charge >= 0.3 is 0 Å². The Balaban J connectivity index is 2.08. The number of rotatable bonds is 6. The lowest BCUT2D eigenvalue weighted by atomic mass is 10.1. The molecule has 22 heavy (non-hydrogen) atoms. The molecule has 2 rings (SSSR count). The van der Waals surface area contributed by atoms with Gasteiger partial charge in [0.2, 0.25) is 0 Å². The van der Waals surface area contributed by atoms with E-state index in [0.29, 0.717) is 4.34 Å². The highest BCUT2D eigenvalue weighted by Crippen LogP contribution is 2.28. The minimum Gasteiger partial charge on any atom is -0.374 e. The maximum atomic E-state index is 12.1. The van der Waals surface area contributed by atoms with Crippen LogP contribution in [0.4, 0.5) is 5.69 Å². The third-order valence-electron chi connectivity index (χ3n) is 2.99. The zero-order valence-electron chi connectivity index (χ0n) is 11.6. The maximum absolute atomic E-state index is 12.1. The number of amides is 1. The minimum absolute atomic E-state index is 0.0200. The van der Waals surface area contributed by atoms with E-state index < -0.39 is 10.8 Å². The number of nitrogens with zero attached hydrogens (tertiary/aromatic N) is 1. The molecular formula is C14H13ClN2O4S. The van der Waals surface area contributed by atoms with Crippen molar-refractivity contribution in [2.45, 2.75) is 6.10 Å². The normalized spacial score (nSPS) is 11.9. The number of nitrogens with one attached hydrogen (secondary N) is 1. The summed E-state index contributed by atoms with van der Waals surface area (Å²) in [7, 11) is 1.52. The van der Waals surface area contributed by atoms with Crippen molar-refractivity contribution in [3.8, 4) is 0 Å². The third-order valence-corrected chi connectivity index (χ3v) is 4.31. The molecule has 0 aliphatic heterocycles. The van der Waals surface area contributed by atoms with E-state index in [2.05, 4.69) is 5.32 Å². The maximum Gasteiger partial charge on any atom is 0.282 e. The highest BCUT2D eigenvalue weighted by molar-refractivity contribution is 7.16. The number of methoxy groups -OCH3 is 1. The summed E-state index contributed by atoms with van der Waals surface area (Å²) < 4.78 is 5.94. The molecule has 0 fully saturated rings. The first-order valence-corrected chi connectivity index (χ1v) is 7.52. The quantitative estimate of drug-likeness (QED) is 0.645. The zero-order valence-corrected chi connectivity index (χ0v) is 13.2. The SMILES string of the molecule is COC(CNC(=O)c1ccccc1[N+](=O)[O-])c1ccc(Cl)s1. The highest BCUT2D eigenvalue weighted by Gasteiger charge is 2.21. The lowest BCUT2D eigenvalue weighted by Gasteiger charge is -2.14. The van der Waals surface area contributed by atoms with E-state index in [-0.39, 0.29) is 23.9 Å². The number of ether oxygens (including phenoxy) is 1. The first-order chi connectivity index (χ1) is 10.5. The van der Waals surface area contributed by atoms with Crippen LogP contribution in [-0.4, -0.2) is 24.5 Å². The summed E-state index contributed by atoms with van der Waals surface area (Å²) in [5.74, 6) is -0.517. The van der Waals surface area contributed by atoms with Crippen molar-refractivity contribution in [1.29, 1.82) is 0 Å². The largest absolute Gasteiger partial charge is 0.374 e. The smallest absolute Gasteiger partial charge is 0.282 e. The number of para-hydroxylation sites is 1. The molecule has 1 heterocycles. The molecule has 2 aromatic rings. The van der Waals surface area contributed by atoms with Crippen molar-refractivity contribution < 1.29 is 14.5 Å². The summed E-state index contributed by atoms with van der Waals surface area (Å²) >= 11 is 7.23. The van der Waals surface area contributed by atoms with E-state index in [1.807, 2.05) is 6.07 Å². The van der Waals surface area contributed by atoms with E-state index in [1.165, 1.54) is 36.6 Å². The Bertz CT molecular complexity index is 689. The lowest BCUT2D eigenvalue weighted by Crippen LogP contribution is -2.29. The number of carbonyl (C=O) groups excluding carboxylic acids is 1. The Morgan fingerprint density at radius 2 is 2.14 bits per heavy atom. The molecule has 0 saturated carbocycles. The Morgan fingerprint density at radius 3 is 2.73 bits per heavy atom. The van der Waals surface area contributed by atoms with Crippen molar-refractivity contribution >= 4 is 34.5 Å². The predicted octanol–water partition coefficient (Wildman–Crippen LogP) is 3.43. The molecule has 8 heteroatoms. The van der Waals surface area contributed by atoms with Crippen molar-refractivity contribution in [3.05, 3.63) is 61.3 Å². The fraction of sp³-hybridized carbons (Fsp3) is 0.214. The highest BCUT2D eigenvalue weighted by atomic mass is 35.5. The van der Waals surface area contributed by atoms with E-state index in [1.54, 1.807) is 12.1 Å². The van der Waals surface area contributed by atoms with Crippen LogP contribution in [0.2, 0.25) is 4.34 Å². The number of carbonyl (C=O) groups is 1. The van der Waals surface area contributed by atoms with Gasteiger partial charge in [0.25, 0.3) is 11.6 Å². The van der Waals surface area contributed by atoms with Crippen LogP contribution in [0.5, 0.6) is 0 Å². The second-order valence-electron chi connectivity index (χ2n) is 4.35. The standard InChI is InChI=1S/C14H13ClN2O4S/c1-21-11(12-6-7-13(15)22-12)8-16-14(18)9-4-2-3-5-10(9)17(19)20/h2-7,11H,8H2,1H3,(H,16,18). The molecule has 0 radical (unpaired) electrons. The van der Waals surface area contributed by atoms with Crippen LogP contribution in [0.1, 0.15) is 21.3 Å². The van der Waals surface area contributed by atoms with Crippen molar-refractivity contribution in [2.24, 2.45) is 0 Å². The van der Waals surface area contributed by atoms with E-state index in [0.717, 1.165) is 4.88 Å². The molecule has 1 aromatic heterocycles. The van der Waals surface area contributed by atoms with Gasteiger partial charge in [-0.15, -0.1) is 11.3 Å². The first-order valence-electron chi connectivity index (χ1n) is 6.32. The van der Waals surface area contributed by atoms with Gasteiger partial charge in [0.05, 0.1) is 9.26 Å². The van der Waals surface area contributed by atoms with Gasteiger partial charge < -0.3 is 10.1 Å². The molecule has 0 bridgehead atoms. The van der Waals surface area contributed by atoms with Crippen molar-refractivity contribution in [2.75, 3.05) is 13.7 Å². The number of hydrogen-bond acceptors (Lipinski definition) is 5. The Labute approximate surface area is 135 Å². The summed E-state index contributed by atoms with van der Waals surface area (Å²) in [5.41, 5.74) is -0.209. The number of hydrogen-bond donors (Lipinski definition) is 1. The van der Waals surface area contributed by atoms with Gasteiger partial charge in [0.1, 0.15) is 11.7 Å². The molecule has 0 aliphatic rings. The number of benzene rings is 1. The summed E-state index contributed by atoms with van der Waals surface area (Å²) in [6.45, 7) is 0.193. The summed E-state index contributed by atoms with van der Waals surface area (Å²) in [5, 5.41) is 13.6. The molecule has 1 N–H and O–H groups in total. The topological polar surface area (TPSA) is 81.5 Å². The molecular weight excluding hydrogens is 328 g/mol. The van der Waals surface area contributed by atoms with Crippen LogP contribution in [0.25, 0.3) is 0 Å². The fourth-order valence-corrected chi connectivity index (χ4v) is 3.05. The summed E-state index contributed by atoms with van der Waals surface area (Å²) in [6.07, 6.45) is -0.357. The van der Waals surface area contributed by atoms with Crippen LogP contribution >= 0.6 is 22.9 Å². The second kappa shape index (κ2) is 7.35. The molecule has 1 aromatic carbocycles. The van der Waals surface area contributed by atoms with Gasteiger partial charge in [-0.3, -0.25) is 14.9 Å². The Kier molecular flexibility index (Phi) is 5.48. The van der Waals surface area contributed by atoms with Crippen molar-refractivity contribution in [1.82, 2.24) is 5.32 Å². The van der Waals surface area contributed by atoms with Crippen LogP contribution < -0.4 is 5.32 Å².